The van der Waals surface area contributed by atoms with E-state index < -0.39 is 11.7 Å². The maximum absolute atomic E-state index is 12.7. The number of pyridine rings is 1. The molecular formula is C22H24F3N3O2. The number of hydrogen-bond donors (Lipinski definition) is 1. The van der Waals surface area contributed by atoms with Crippen molar-refractivity contribution < 1.29 is 22.8 Å². The van der Waals surface area contributed by atoms with E-state index in [2.05, 4.69) is 10.3 Å². The average Bonchev–Trinajstić information content (AvgIpc) is 2.69. The lowest BCUT2D eigenvalue weighted by Gasteiger charge is -2.31. The normalized spacial score (nSPS) is 15.2. The van der Waals surface area contributed by atoms with Crippen LogP contribution in [0.1, 0.15) is 45.7 Å². The van der Waals surface area contributed by atoms with Crippen molar-refractivity contribution in [3.05, 3.63) is 58.4 Å². The van der Waals surface area contributed by atoms with Crippen LogP contribution >= 0.6 is 0 Å². The highest BCUT2D eigenvalue weighted by molar-refractivity contribution is 5.96. The van der Waals surface area contributed by atoms with Gasteiger partial charge < -0.3 is 10.2 Å². The number of amides is 2. The predicted octanol–water partition coefficient (Wildman–Crippen LogP) is 4.52. The summed E-state index contributed by atoms with van der Waals surface area (Å²) in [4.78, 5) is 31.2. The molecular weight excluding hydrogens is 395 g/mol. The topological polar surface area (TPSA) is 62.3 Å². The van der Waals surface area contributed by atoms with Crippen LogP contribution in [0.4, 0.5) is 18.9 Å². The van der Waals surface area contributed by atoms with Crippen LogP contribution in [-0.4, -0.2) is 34.8 Å². The zero-order valence-electron chi connectivity index (χ0n) is 17.1. The number of likely N-dealkylation sites (tertiary alicyclic amines) is 1. The molecule has 1 aliphatic rings. The number of halogens is 3. The minimum absolute atomic E-state index is 0.103. The van der Waals surface area contributed by atoms with Crippen molar-refractivity contribution >= 4 is 17.5 Å². The second kappa shape index (κ2) is 8.45. The molecule has 0 saturated carbocycles. The number of rotatable bonds is 3. The molecule has 1 N–H and O–H groups in total. The molecule has 2 aromatic rings. The Bertz CT molecular complexity index is 924. The number of aromatic nitrogens is 1. The second-order valence-electron chi connectivity index (χ2n) is 7.67. The van der Waals surface area contributed by atoms with Gasteiger partial charge in [0.25, 0.3) is 5.91 Å². The number of carbonyl (C=O) groups is 2. The van der Waals surface area contributed by atoms with Gasteiger partial charge in [-0.3, -0.25) is 14.6 Å². The zero-order chi connectivity index (χ0) is 22.1. The first-order valence-electron chi connectivity index (χ1n) is 9.78. The fourth-order valence-electron chi connectivity index (χ4n) is 3.77. The van der Waals surface area contributed by atoms with Gasteiger partial charge in [0.15, 0.2) is 0 Å². The van der Waals surface area contributed by atoms with E-state index in [1.165, 1.54) is 12.1 Å². The van der Waals surface area contributed by atoms with Gasteiger partial charge in [0.05, 0.1) is 16.9 Å². The Morgan fingerprint density at radius 3 is 2.20 bits per heavy atom. The second-order valence-corrected chi connectivity index (χ2v) is 7.67. The van der Waals surface area contributed by atoms with E-state index in [-0.39, 0.29) is 23.3 Å². The minimum Gasteiger partial charge on any atom is -0.339 e. The van der Waals surface area contributed by atoms with E-state index in [1.54, 1.807) is 4.90 Å². The lowest BCUT2D eigenvalue weighted by Crippen LogP contribution is -2.41. The zero-order valence-corrected chi connectivity index (χ0v) is 17.1. The SMILES string of the molecule is Cc1cc(C)c(NC(=O)C2CCN(C(=O)c3ccc(C(F)(F)F)cc3)CC2)c(C)n1. The largest absolute Gasteiger partial charge is 0.416 e. The van der Waals surface area contributed by atoms with Gasteiger partial charge in [-0.2, -0.15) is 13.2 Å². The third-order valence-corrected chi connectivity index (χ3v) is 5.39. The van der Waals surface area contributed by atoms with Crippen molar-refractivity contribution in [2.75, 3.05) is 18.4 Å². The Morgan fingerprint density at radius 1 is 1.07 bits per heavy atom. The van der Waals surface area contributed by atoms with E-state index >= 15 is 0 Å². The Morgan fingerprint density at radius 2 is 1.67 bits per heavy atom. The van der Waals surface area contributed by atoms with Crippen LogP contribution in [0.25, 0.3) is 0 Å². The van der Waals surface area contributed by atoms with Crippen molar-refractivity contribution in [2.24, 2.45) is 5.92 Å². The van der Waals surface area contributed by atoms with Crippen molar-refractivity contribution in [3.8, 4) is 0 Å². The van der Waals surface area contributed by atoms with Gasteiger partial charge in [0.2, 0.25) is 5.91 Å². The van der Waals surface area contributed by atoms with E-state index in [4.69, 9.17) is 0 Å². The highest BCUT2D eigenvalue weighted by Gasteiger charge is 2.31. The first kappa shape index (κ1) is 21.8. The van der Waals surface area contributed by atoms with Crippen LogP contribution in [0.3, 0.4) is 0 Å². The molecule has 0 radical (unpaired) electrons. The Balaban J connectivity index is 1.59. The Hall–Kier alpha value is -2.90. The molecule has 30 heavy (non-hydrogen) atoms. The number of benzene rings is 1. The van der Waals surface area contributed by atoms with Gasteiger partial charge in [-0.1, -0.05) is 0 Å². The predicted molar refractivity (Wildman–Crippen MR) is 107 cm³/mol. The number of nitrogens with one attached hydrogen (secondary N) is 1. The number of nitrogens with zero attached hydrogens (tertiary/aromatic N) is 2. The lowest BCUT2D eigenvalue weighted by molar-refractivity contribution is -0.137. The molecule has 5 nitrogen and oxygen atoms in total. The number of anilines is 1. The van der Waals surface area contributed by atoms with Crippen molar-refractivity contribution in [3.63, 3.8) is 0 Å². The molecule has 0 bridgehead atoms. The molecule has 0 spiro atoms. The summed E-state index contributed by atoms with van der Waals surface area (Å²) in [6.45, 7) is 6.42. The average molecular weight is 419 g/mol. The minimum atomic E-state index is -4.43. The van der Waals surface area contributed by atoms with Gasteiger partial charge in [-0.05, 0) is 69.5 Å². The molecule has 0 aliphatic carbocycles. The molecule has 0 unspecified atom stereocenters. The van der Waals surface area contributed by atoms with Gasteiger partial charge >= 0.3 is 6.18 Å². The molecule has 1 aromatic carbocycles. The van der Waals surface area contributed by atoms with Gasteiger partial charge in [0, 0.05) is 30.3 Å². The molecule has 1 fully saturated rings. The van der Waals surface area contributed by atoms with Crippen molar-refractivity contribution in [2.45, 2.75) is 39.8 Å². The molecule has 1 aromatic heterocycles. The van der Waals surface area contributed by atoms with Crippen LogP contribution < -0.4 is 5.32 Å². The van der Waals surface area contributed by atoms with Crippen molar-refractivity contribution in [1.29, 1.82) is 0 Å². The fourth-order valence-corrected chi connectivity index (χ4v) is 3.77. The molecule has 1 saturated heterocycles. The quantitative estimate of drug-likeness (QED) is 0.796. The van der Waals surface area contributed by atoms with Gasteiger partial charge in [-0.25, -0.2) is 0 Å². The lowest BCUT2D eigenvalue weighted by atomic mass is 9.95. The smallest absolute Gasteiger partial charge is 0.339 e. The number of carbonyl (C=O) groups excluding carboxylic acids is 2. The number of piperidine rings is 1. The highest BCUT2D eigenvalue weighted by atomic mass is 19.4. The van der Waals surface area contributed by atoms with Gasteiger partial charge in [0.1, 0.15) is 0 Å². The first-order valence-corrected chi connectivity index (χ1v) is 9.78. The number of alkyl halides is 3. The molecule has 3 rings (SSSR count). The molecule has 2 heterocycles. The maximum atomic E-state index is 12.7. The van der Waals surface area contributed by atoms with Crippen LogP contribution in [-0.2, 0) is 11.0 Å². The van der Waals surface area contributed by atoms with Crippen LogP contribution in [0.15, 0.2) is 30.3 Å². The summed E-state index contributed by atoms with van der Waals surface area (Å²) >= 11 is 0. The molecule has 0 atom stereocenters. The first-order chi connectivity index (χ1) is 14.1. The number of aryl methyl sites for hydroxylation is 3. The summed E-state index contributed by atoms with van der Waals surface area (Å²) in [5.41, 5.74) is 2.74. The molecule has 160 valence electrons. The number of hydrogen-bond acceptors (Lipinski definition) is 3. The molecule has 1 aliphatic heterocycles. The van der Waals surface area contributed by atoms with Gasteiger partial charge in [-0.15, -0.1) is 0 Å². The Kier molecular flexibility index (Phi) is 6.14. The van der Waals surface area contributed by atoms with Crippen molar-refractivity contribution in [1.82, 2.24) is 9.88 Å². The summed E-state index contributed by atoms with van der Waals surface area (Å²) in [5, 5.41) is 2.96. The highest BCUT2D eigenvalue weighted by Crippen LogP contribution is 2.29. The summed E-state index contributed by atoms with van der Waals surface area (Å²) in [6, 6.07) is 6.12. The third kappa shape index (κ3) is 4.80. The summed E-state index contributed by atoms with van der Waals surface area (Å²) in [5.74, 6) is -0.660. The summed E-state index contributed by atoms with van der Waals surface area (Å²) < 4.78 is 38.0. The summed E-state index contributed by atoms with van der Waals surface area (Å²) in [7, 11) is 0. The maximum Gasteiger partial charge on any atom is 0.416 e. The van der Waals surface area contributed by atoms with E-state index in [0.29, 0.717) is 31.6 Å². The van der Waals surface area contributed by atoms with Crippen LogP contribution in [0.5, 0.6) is 0 Å². The summed E-state index contributed by atoms with van der Waals surface area (Å²) in [6.07, 6.45) is -3.44. The molecule has 2 amide bonds. The van der Waals surface area contributed by atoms with Crippen LogP contribution in [0.2, 0.25) is 0 Å². The standard InChI is InChI=1S/C22H24F3N3O2/c1-13-12-14(2)26-15(3)19(13)27-20(29)16-8-10-28(11-9-16)21(30)17-4-6-18(7-5-17)22(23,24)25/h4-7,12,16H,8-11H2,1-3H3,(H,27,29). The van der Waals surface area contributed by atoms with E-state index in [9.17, 15) is 22.8 Å². The third-order valence-electron chi connectivity index (χ3n) is 5.39. The van der Waals surface area contributed by atoms with Crippen LogP contribution in [0, 0.1) is 26.7 Å². The van der Waals surface area contributed by atoms with E-state index in [0.717, 1.165) is 29.1 Å². The van der Waals surface area contributed by atoms with E-state index in [1.807, 2.05) is 26.8 Å². The fraction of sp³-hybridized carbons (Fsp3) is 0.409. The molecule has 8 heteroatoms. The Labute approximate surface area is 173 Å². The monoisotopic (exact) mass is 419 g/mol.